The molecule has 0 radical (unpaired) electrons. The summed E-state index contributed by atoms with van der Waals surface area (Å²) < 4.78 is 87.8. The van der Waals surface area contributed by atoms with E-state index in [2.05, 4.69) is 10.2 Å². The van der Waals surface area contributed by atoms with E-state index in [1.807, 2.05) is 0 Å². The fraction of sp³-hybridized carbons (Fsp3) is 0.348. The predicted octanol–water partition coefficient (Wildman–Crippen LogP) is 5.02. The number of nitrogens with zero attached hydrogens (tertiary/aromatic N) is 4. The first-order valence-corrected chi connectivity index (χ1v) is 10.4. The summed E-state index contributed by atoms with van der Waals surface area (Å²) in [6.45, 7) is 1.41. The highest BCUT2D eigenvalue weighted by atomic mass is 19.4. The number of carbonyl (C=O) groups excluding carboxylic acids is 1. The van der Waals surface area contributed by atoms with E-state index >= 15 is 13.2 Å². The van der Waals surface area contributed by atoms with E-state index in [1.165, 1.54) is 32.2 Å². The Hall–Kier alpha value is -3.41. The van der Waals surface area contributed by atoms with Crippen molar-refractivity contribution in [2.75, 3.05) is 4.90 Å². The topological polar surface area (TPSA) is 71.2 Å². The summed E-state index contributed by atoms with van der Waals surface area (Å²) in [5.41, 5.74) is -5.63. The van der Waals surface area contributed by atoms with Crippen LogP contribution in [-0.2, 0) is 31.4 Å². The van der Waals surface area contributed by atoms with Gasteiger partial charge in [-0.15, -0.1) is 10.2 Å². The molecule has 35 heavy (non-hydrogen) atoms. The van der Waals surface area contributed by atoms with Crippen LogP contribution in [0.3, 0.4) is 0 Å². The molecule has 1 unspecified atom stereocenters. The highest BCUT2D eigenvalue weighted by Gasteiger charge is 2.57. The molecule has 12 heteroatoms. The van der Waals surface area contributed by atoms with Gasteiger partial charge < -0.3 is 14.6 Å². The van der Waals surface area contributed by atoms with Crippen molar-refractivity contribution >= 4 is 11.6 Å². The lowest BCUT2D eigenvalue weighted by molar-refractivity contribution is -0.149. The Morgan fingerprint density at radius 3 is 2.34 bits per heavy atom. The Morgan fingerprint density at radius 1 is 1.09 bits per heavy atom. The number of benzene rings is 2. The van der Waals surface area contributed by atoms with E-state index in [-0.39, 0.29) is 22.4 Å². The number of hydrogen-bond donors (Lipinski definition) is 1. The van der Waals surface area contributed by atoms with Gasteiger partial charge in [0.2, 0.25) is 11.5 Å². The van der Waals surface area contributed by atoms with Gasteiger partial charge in [-0.2, -0.15) is 22.0 Å². The monoisotopic (exact) mass is 498 g/mol. The van der Waals surface area contributed by atoms with Gasteiger partial charge in [0.05, 0.1) is 18.2 Å². The van der Waals surface area contributed by atoms with Crippen LogP contribution in [0, 0.1) is 0 Å². The number of aliphatic hydroxyl groups is 1. The van der Waals surface area contributed by atoms with Crippen molar-refractivity contribution in [3.8, 4) is 0 Å². The molecule has 2 aromatic carbocycles. The molecule has 1 amide bonds. The smallest absolute Gasteiger partial charge is 0.389 e. The second kappa shape index (κ2) is 8.08. The number of amides is 1. The maximum Gasteiger partial charge on any atom is 0.416 e. The highest BCUT2D eigenvalue weighted by molar-refractivity contribution is 6.10. The van der Waals surface area contributed by atoms with Gasteiger partial charge in [-0.3, -0.25) is 4.79 Å². The van der Waals surface area contributed by atoms with Crippen molar-refractivity contribution < 1.29 is 36.2 Å². The Bertz CT molecular complexity index is 1300. The fourth-order valence-corrected chi connectivity index (χ4v) is 4.06. The zero-order valence-electron chi connectivity index (χ0n) is 18.7. The summed E-state index contributed by atoms with van der Waals surface area (Å²) in [5.74, 6) is -5.87. The third-order valence-electron chi connectivity index (χ3n) is 6.13. The average Bonchev–Trinajstić information content (AvgIpc) is 3.36. The number of anilines is 1. The molecule has 0 spiro atoms. The van der Waals surface area contributed by atoms with Gasteiger partial charge in [0, 0.05) is 18.3 Å². The van der Waals surface area contributed by atoms with Crippen LogP contribution in [0.1, 0.15) is 58.4 Å². The van der Waals surface area contributed by atoms with Crippen molar-refractivity contribution in [2.24, 2.45) is 7.05 Å². The predicted molar refractivity (Wildman–Crippen MR) is 112 cm³/mol. The van der Waals surface area contributed by atoms with E-state index in [1.54, 1.807) is 0 Å². The second-order valence-electron chi connectivity index (χ2n) is 8.55. The molecule has 0 bridgehead atoms. The molecule has 2 heterocycles. The van der Waals surface area contributed by atoms with E-state index < -0.39 is 53.3 Å². The Labute approximate surface area is 195 Å². The molecule has 0 aliphatic carbocycles. The van der Waals surface area contributed by atoms with Crippen molar-refractivity contribution in [3.63, 3.8) is 0 Å². The van der Waals surface area contributed by atoms with E-state index in [0.717, 1.165) is 34.0 Å². The first-order valence-electron chi connectivity index (χ1n) is 10.4. The molecule has 2 atom stereocenters. The molecule has 0 saturated carbocycles. The van der Waals surface area contributed by atoms with E-state index in [9.17, 15) is 23.1 Å². The summed E-state index contributed by atoms with van der Waals surface area (Å²) in [5, 5.41) is 16.5. The lowest BCUT2D eigenvalue weighted by atomic mass is 9.90. The van der Waals surface area contributed by atoms with Crippen LogP contribution >= 0.6 is 0 Å². The molecular weight excluding hydrogens is 478 g/mol. The first-order chi connectivity index (χ1) is 16.2. The third-order valence-corrected chi connectivity index (χ3v) is 6.13. The Balaban J connectivity index is 1.76. The van der Waals surface area contributed by atoms with Gasteiger partial charge in [0.15, 0.2) is 0 Å². The standard InChI is InChI=1S/C23H20F6N4O2/c1-12(34)13-7-16-17(18(8-13)23(27,28)29)10-33(19(16)35)15-6-4-5-14(9-15)21(2,24)22(25,26)20-31-30-11-32(20)3/h4-9,11-12,34H,10H2,1-3H3/t12?,21-/m1/s1. The van der Waals surface area contributed by atoms with E-state index in [4.69, 9.17) is 0 Å². The number of fused-ring (bicyclic) bond motifs is 1. The number of aromatic nitrogens is 3. The Kier molecular flexibility index (Phi) is 5.70. The van der Waals surface area contributed by atoms with Crippen molar-refractivity contribution in [1.29, 1.82) is 0 Å². The molecule has 4 rings (SSSR count). The summed E-state index contributed by atoms with van der Waals surface area (Å²) >= 11 is 0. The molecular formula is C23H20F6N4O2. The molecule has 1 aliphatic rings. The fourth-order valence-electron chi connectivity index (χ4n) is 4.06. The molecule has 1 N–H and O–H groups in total. The maximum absolute atomic E-state index is 15.6. The minimum absolute atomic E-state index is 0.0620. The second-order valence-corrected chi connectivity index (χ2v) is 8.55. The summed E-state index contributed by atoms with van der Waals surface area (Å²) in [6.07, 6.45) is -5.07. The quantitative estimate of drug-likeness (QED) is 0.502. The summed E-state index contributed by atoms with van der Waals surface area (Å²) in [6, 6.07) is 6.58. The summed E-state index contributed by atoms with van der Waals surface area (Å²) in [7, 11) is 1.23. The molecule has 3 aromatic rings. The van der Waals surface area contributed by atoms with Gasteiger partial charge in [-0.1, -0.05) is 12.1 Å². The maximum atomic E-state index is 15.6. The van der Waals surface area contributed by atoms with Gasteiger partial charge in [-0.05, 0) is 54.8 Å². The molecule has 6 nitrogen and oxygen atoms in total. The Morgan fingerprint density at radius 2 is 1.77 bits per heavy atom. The van der Waals surface area contributed by atoms with Crippen molar-refractivity contribution in [1.82, 2.24) is 14.8 Å². The number of aliphatic hydroxyl groups excluding tert-OH is 1. The molecule has 1 aliphatic heterocycles. The number of aryl methyl sites for hydroxylation is 1. The number of carbonyl (C=O) groups is 1. The normalized spacial score (nSPS) is 16.9. The summed E-state index contributed by atoms with van der Waals surface area (Å²) in [4.78, 5) is 14.0. The largest absolute Gasteiger partial charge is 0.416 e. The number of halogens is 6. The lowest BCUT2D eigenvalue weighted by Crippen LogP contribution is -2.39. The van der Waals surface area contributed by atoms with Crippen LogP contribution in [0.25, 0.3) is 0 Å². The molecule has 0 saturated heterocycles. The van der Waals surface area contributed by atoms with Crippen LogP contribution in [0.15, 0.2) is 42.7 Å². The minimum Gasteiger partial charge on any atom is -0.389 e. The third kappa shape index (κ3) is 3.95. The van der Waals surface area contributed by atoms with Crippen LogP contribution < -0.4 is 4.90 Å². The molecule has 1 aromatic heterocycles. The average molecular weight is 498 g/mol. The van der Waals surface area contributed by atoms with Crippen LogP contribution in [0.4, 0.5) is 32.0 Å². The van der Waals surface area contributed by atoms with Gasteiger partial charge in [0.1, 0.15) is 6.33 Å². The zero-order chi connectivity index (χ0) is 25.9. The number of rotatable bonds is 5. The first kappa shape index (κ1) is 24.7. The minimum atomic E-state index is -4.80. The molecule has 186 valence electrons. The van der Waals surface area contributed by atoms with Crippen molar-refractivity contribution in [3.05, 3.63) is 76.4 Å². The number of hydrogen-bond acceptors (Lipinski definition) is 4. The highest BCUT2D eigenvalue weighted by Crippen LogP contribution is 2.48. The molecule has 0 fully saturated rings. The van der Waals surface area contributed by atoms with Gasteiger partial charge >= 0.3 is 12.1 Å². The van der Waals surface area contributed by atoms with Gasteiger partial charge in [0.25, 0.3) is 5.91 Å². The number of alkyl halides is 6. The zero-order valence-corrected chi connectivity index (χ0v) is 18.7. The van der Waals surface area contributed by atoms with Crippen LogP contribution in [0.5, 0.6) is 0 Å². The lowest BCUT2D eigenvalue weighted by Gasteiger charge is -2.30. The van der Waals surface area contributed by atoms with Crippen LogP contribution in [0.2, 0.25) is 0 Å². The SMILES string of the molecule is CC(O)c1cc2c(c(C(F)(F)F)c1)CN(c1cccc([C@@](C)(F)C(F)(F)c3nncn3C)c1)C2=O. The van der Waals surface area contributed by atoms with Crippen molar-refractivity contribution in [2.45, 2.75) is 44.3 Å². The van der Waals surface area contributed by atoms with Gasteiger partial charge in [-0.25, -0.2) is 4.39 Å². The van der Waals surface area contributed by atoms with E-state index in [0.29, 0.717) is 6.92 Å². The van der Waals surface area contributed by atoms with Crippen LogP contribution in [-0.4, -0.2) is 25.8 Å².